The number of H-pyrrole nitrogens is 1. The number of nitrogens with zero attached hydrogens (tertiary/aromatic N) is 1. The van der Waals surface area contributed by atoms with Crippen LogP contribution in [0, 0.1) is 11.7 Å². The van der Waals surface area contributed by atoms with Crippen molar-refractivity contribution >= 4 is 5.78 Å². The van der Waals surface area contributed by atoms with Crippen molar-refractivity contribution in [3.8, 4) is 11.5 Å². The van der Waals surface area contributed by atoms with Gasteiger partial charge in [-0.1, -0.05) is 0 Å². The molecule has 7 heteroatoms. The Hall–Kier alpha value is -2.67. The van der Waals surface area contributed by atoms with E-state index < -0.39 is 5.82 Å². The second-order valence-electron chi connectivity index (χ2n) is 6.67. The number of nitrogens with one attached hydrogen (secondary N) is 1. The number of carbonyl (C=O) groups is 1. The number of hydrogen-bond donors (Lipinski definition) is 1. The highest BCUT2D eigenvalue weighted by atomic mass is 19.1. The zero-order valence-corrected chi connectivity index (χ0v) is 15.5. The molecule has 27 heavy (non-hydrogen) atoms. The first kappa shape index (κ1) is 19.1. The number of pyridine rings is 1. The highest BCUT2D eigenvalue weighted by molar-refractivity contribution is 6.00. The third-order valence-electron chi connectivity index (χ3n) is 4.85. The summed E-state index contributed by atoms with van der Waals surface area (Å²) in [4.78, 5) is 30.0. The number of aromatic nitrogens is 1. The molecule has 0 saturated carbocycles. The third kappa shape index (κ3) is 4.36. The van der Waals surface area contributed by atoms with E-state index in [0.717, 1.165) is 25.1 Å². The Balaban J connectivity index is 1.72. The second kappa shape index (κ2) is 8.35. The van der Waals surface area contributed by atoms with E-state index in [-0.39, 0.29) is 28.4 Å². The smallest absolute Gasteiger partial charge is 0.223 e. The number of ketones is 1. The van der Waals surface area contributed by atoms with Gasteiger partial charge in [0.25, 0.3) is 0 Å². The van der Waals surface area contributed by atoms with Gasteiger partial charge in [-0.25, -0.2) is 4.39 Å². The van der Waals surface area contributed by atoms with E-state index in [1.165, 1.54) is 38.5 Å². The predicted octanol–water partition coefficient (Wildman–Crippen LogP) is 2.63. The van der Waals surface area contributed by atoms with Crippen molar-refractivity contribution in [2.75, 3.05) is 27.3 Å². The van der Waals surface area contributed by atoms with Gasteiger partial charge in [0.05, 0.1) is 19.8 Å². The maximum Gasteiger partial charge on any atom is 0.223 e. The lowest BCUT2D eigenvalue weighted by atomic mass is 9.89. The van der Waals surface area contributed by atoms with E-state index in [1.807, 2.05) is 0 Å². The molecule has 1 aromatic carbocycles. The molecule has 1 fully saturated rings. The summed E-state index contributed by atoms with van der Waals surface area (Å²) in [5, 5.41) is 0. The molecule has 0 amide bonds. The standard InChI is InChI=1S/C20H23FN2O4/c1-26-18-6-5-14(21)8-16(18)20(25)13-4-3-7-23(11-13)12-15-9-17(24)19(27-2)10-22-15/h5-6,8-10,13H,3-4,7,11-12H2,1-2H3,(H,22,24)/t13-/m1/s1. The molecule has 1 aliphatic heterocycles. The van der Waals surface area contributed by atoms with Crippen molar-refractivity contribution in [3.63, 3.8) is 0 Å². The van der Waals surface area contributed by atoms with Gasteiger partial charge >= 0.3 is 0 Å². The summed E-state index contributed by atoms with van der Waals surface area (Å²) in [5.74, 6) is -0.150. The van der Waals surface area contributed by atoms with Gasteiger partial charge in [-0.05, 0) is 37.6 Å². The third-order valence-corrected chi connectivity index (χ3v) is 4.85. The summed E-state index contributed by atoms with van der Waals surface area (Å²) in [6.07, 6.45) is 3.14. The maximum atomic E-state index is 13.6. The summed E-state index contributed by atoms with van der Waals surface area (Å²) >= 11 is 0. The molecule has 1 aliphatic rings. The minimum absolute atomic E-state index is 0.112. The normalized spacial score (nSPS) is 17.5. The first-order chi connectivity index (χ1) is 13.0. The molecule has 6 nitrogen and oxygen atoms in total. The van der Waals surface area contributed by atoms with Crippen molar-refractivity contribution in [1.82, 2.24) is 9.88 Å². The lowest BCUT2D eigenvalue weighted by Gasteiger charge is -2.32. The number of halogens is 1. The van der Waals surface area contributed by atoms with Crippen LogP contribution >= 0.6 is 0 Å². The minimum atomic E-state index is -0.456. The number of hydrogen-bond acceptors (Lipinski definition) is 5. The van der Waals surface area contributed by atoms with Crippen LogP contribution in [-0.4, -0.2) is 43.0 Å². The van der Waals surface area contributed by atoms with Crippen LogP contribution < -0.4 is 14.9 Å². The van der Waals surface area contributed by atoms with E-state index >= 15 is 0 Å². The Morgan fingerprint density at radius 1 is 1.26 bits per heavy atom. The van der Waals surface area contributed by atoms with Crippen LogP contribution in [0.5, 0.6) is 11.5 Å². The monoisotopic (exact) mass is 374 g/mol. The number of rotatable bonds is 6. The molecule has 1 atom stereocenters. The van der Waals surface area contributed by atoms with Crippen LogP contribution in [0.1, 0.15) is 28.9 Å². The molecule has 0 spiro atoms. The molecule has 1 saturated heterocycles. The molecule has 0 unspecified atom stereocenters. The van der Waals surface area contributed by atoms with E-state index in [0.29, 0.717) is 18.8 Å². The zero-order valence-electron chi connectivity index (χ0n) is 15.5. The first-order valence-electron chi connectivity index (χ1n) is 8.87. The van der Waals surface area contributed by atoms with Crippen LogP contribution in [-0.2, 0) is 6.54 Å². The van der Waals surface area contributed by atoms with Crippen molar-refractivity contribution in [2.45, 2.75) is 19.4 Å². The molecular weight excluding hydrogens is 351 g/mol. The average molecular weight is 374 g/mol. The highest BCUT2D eigenvalue weighted by Gasteiger charge is 2.28. The molecule has 2 aromatic rings. The van der Waals surface area contributed by atoms with Crippen molar-refractivity contribution in [1.29, 1.82) is 0 Å². The molecule has 0 bridgehead atoms. The van der Waals surface area contributed by atoms with Gasteiger partial charge in [-0.2, -0.15) is 0 Å². The predicted molar refractivity (Wildman–Crippen MR) is 98.9 cm³/mol. The summed E-state index contributed by atoms with van der Waals surface area (Å²) in [6, 6.07) is 5.51. The molecule has 144 valence electrons. The Bertz CT molecular complexity index is 881. The van der Waals surface area contributed by atoms with Gasteiger partial charge < -0.3 is 14.5 Å². The van der Waals surface area contributed by atoms with Crippen molar-refractivity contribution < 1.29 is 18.7 Å². The lowest BCUT2D eigenvalue weighted by molar-refractivity contribution is 0.0806. The maximum absolute atomic E-state index is 13.6. The van der Waals surface area contributed by atoms with Gasteiger partial charge in [0.2, 0.25) is 5.43 Å². The molecule has 3 rings (SSSR count). The Kier molecular flexibility index (Phi) is 5.91. The van der Waals surface area contributed by atoms with Crippen molar-refractivity contribution in [2.24, 2.45) is 5.92 Å². The van der Waals surface area contributed by atoms with Crippen LogP contribution in [0.15, 0.2) is 35.3 Å². The fourth-order valence-electron chi connectivity index (χ4n) is 3.50. The lowest BCUT2D eigenvalue weighted by Crippen LogP contribution is -2.38. The number of carbonyl (C=O) groups excluding carboxylic acids is 1. The first-order valence-corrected chi connectivity index (χ1v) is 8.87. The minimum Gasteiger partial charge on any atom is -0.496 e. The van der Waals surface area contributed by atoms with E-state index in [9.17, 15) is 14.0 Å². The van der Waals surface area contributed by atoms with E-state index in [1.54, 1.807) is 6.20 Å². The molecule has 1 aromatic heterocycles. The highest BCUT2D eigenvalue weighted by Crippen LogP contribution is 2.27. The van der Waals surface area contributed by atoms with Crippen LogP contribution in [0.2, 0.25) is 0 Å². The van der Waals surface area contributed by atoms with Gasteiger partial charge in [0.1, 0.15) is 11.6 Å². The van der Waals surface area contributed by atoms with E-state index in [4.69, 9.17) is 9.47 Å². The summed E-state index contributed by atoms with van der Waals surface area (Å²) < 4.78 is 23.8. The average Bonchev–Trinajstić information content (AvgIpc) is 2.68. The Morgan fingerprint density at radius 3 is 2.74 bits per heavy atom. The topological polar surface area (TPSA) is 71.6 Å². The summed E-state index contributed by atoms with van der Waals surface area (Å²) in [6.45, 7) is 1.91. The largest absolute Gasteiger partial charge is 0.496 e. The van der Waals surface area contributed by atoms with Crippen molar-refractivity contribution in [3.05, 3.63) is 57.8 Å². The SMILES string of the molecule is COc1ccc(F)cc1C(=O)[C@@H]1CCCN(Cc2cc(=O)c(OC)c[nH]2)C1. The fourth-order valence-corrected chi connectivity index (χ4v) is 3.50. The number of Topliss-reactive ketones (excluding diaryl/α,β-unsaturated/α-hetero) is 1. The Morgan fingerprint density at radius 2 is 2.04 bits per heavy atom. The number of methoxy groups -OCH3 is 2. The molecule has 0 aliphatic carbocycles. The zero-order chi connectivity index (χ0) is 19.4. The van der Waals surface area contributed by atoms with E-state index in [2.05, 4.69) is 9.88 Å². The number of likely N-dealkylation sites (tertiary alicyclic amines) is 1. The number of ether oxygens (including phenoxy) is 2. The molecule has 0 radical (unpaired) electrons. The number of benzene rings is 1. The van der Waals surface area contributed by atoms with Gasteiger partial charge in [0.15, 0.2) is 11.5 Å². The van der Waals surface area contributed by atoms with Crippen LogP contribution in [0.3, 0.4) is 0 Å². The molecular formula is C20H23FN2O4. The molecule has 2 heterocycles. The van der Waals surface area contributed by atoms with Gasteiger partial charge in [0, 0.05) is 37.0 Å². The quantitative estimate of drug-likeness (QED) is 0.787. The second-order valence-corrected chi connectivity index (χ2v) is 6.67. The number of aromatic amines is 1. The van der Waals surface area contributed by atoms with Crippen LogP contribution in [0.4, 0.5) is 4.39 Å². The molecule has 1 N–H and O–H groups in total. The fraction of sp³-hybridized carbons (Fsp3) is 0.400. The summed E-state index contributed by atoms with van der Waals surface area (Å²) in [7, 11) is 2.92. The summed E-state index contributed by atoms with van der Waals surface area (Å²) in [5.41, 5.74) is 0.861. The van der Waals surface area contributed by atoms with Crippen LogP contribution in [0.25, 0.3) is 0 Å². The number of piperidine rings is 1. The van der Waals surface area contributed by atoms with Gasteiger partial charge in [-0.15, -0.1) is 0 Å². The Labute approximate surface area is 156 Å². The van der Waals surface area contributed by atoms with Gasteiger partial charge in [-0.3, -0.25) is 14.5 Å².